The van der Waals surface area contributed by atoms with Gasteiger partial charge in [-0.15, -0.1) is 0 Å². The number of hydrogen-bond donors (Lipinski definition) is 1. The number of aryl methyl sites for hydroxylation is 1. The van der Waals surface area contributed by atoms with Crippen LogP contribution in [-0.4, -0.2) is 11.0 Å². The van der Waals surface area contributed by atoms with Gasteiger partial charge in [0.25, 0.3) is 0 Å². The Balaban J connectivity index is 1.94. The van der Waals surface area contributed by atoms with Crippen molar-refractivity contribution in [1.82, 2.24) is 10.3 Å². The van der Waals surface area contributed by atoms with Crippen LogP contribution in [0.2, 0.25) is 0 Å². The summed E-state index contributed by atoms with van der Waals surface area (Å²) in [6.07, 6.45) is 7.06. The van der Waals surface area contributed by atoms with Gasteiger partial charge in [0.2, 0.25) is 0 Å². The van der Waals surface area contributed by atoms with Crippen LogP contribution in [0, 0.1) is 11.8 Å². The van der Waals surface area contributed by atoms with E-state index in [0.29, 0.717) is 6.04 Å². The lowest BCUT2D eigenvalue weighted by molar-refractivity contribution is 0.205. The zero-order chi connectivity index (χ0) is 13.0. The van der Waals surface area contributed by atoms with E-state index in [4.69, 9.17) is 0 Å². The SMILES string of the molecule is CCc1cccnc1CNC1CCCC(C)C1C. The Kier molecular flexibility index (Phi) is 4.76. The Morgan fingerprint density at radius 2 is 2.17 bits per heavy atom. The van der Waals surface area contributed by atoms with Crippen LogP contribution in [0.1, 0.15) is 51.3 Å². The summed E-state index contributed by atoms with van der Waals surface area (Å²) in [5, 5.41) is 3.73. The highest BCUT2D eigenvalue weighted by atomic mass is 14.9. The molecule has 1 heterocycles. The lowest BCUT2D eigenvalue weighted by atomic mass is 9.78. The third-order valence-corrected chi connectivity index (χ3v) is 4.60. The summed E-state index contributed by atoms with van der Waals surface area (Å²) in [6.45, 7) is 7.90. The molecule has 1 N–H and O–H groups in total. The van der Waals surface area contributed by atoms with Crippen LogP contribution in [0.15, 0.2) is 18.3 Å². The van der Waals surface area contributed by atoms with Gasteiger partial charge in [0.05, 0.1) is 5.69 Å². The van der Waals surface area contributed by atoms with E-state index in [9.17, 15) is 0 Å². The number of nitrogens with one attached hydrogen (secondary N) is 1. The van der Waals surface area contributed by atoms with E-state index in [1.807, 2.05) is 12.3 Å². The molecule has 1 aromatic heterocycles. The Labute approximate surface area is 111 Å². The Bertz CT molecular complexity index is 375. The van der Waals surface area contributed by atoms with Crippen molar-refractivity contribution in [3.05, 3.63) is 29.6 Å². The molecule has 0 aromatic carbocycles. The highest BCUT2D eigenvalue weighted by molar-refractivity contribution is 5.19. The second kappa shape index (κ2) is 6.33. The van der Waals surface area contributed by atoms with Gasteiger partial charge in [-0.3, -0.25) is 4.98 Å². The van der Waals surface area contributed by atoms with Gasteiger partial charge in [-0.25, -0.2) is 0 Å². The summed E-state index contributed by atoms with van der Waals surface area (Å²) in [5.74, 6) is 1.64. The number of pyridine rings is 1. The first-order valence-corrected chi connectivity index (χ1v) is 7.38. The molecule has 1 aliphatic carbocycles. The topological polar surface area (TPSA) is 24.9 Å². The van der Waals surface area contributed by atoms with Gasteiger partial charge in [-0.05, 0) is 36.3 Å². The van der Waals surface area contributed by atoms with E-state index in [1.54, 1.807) is 0 Å². The first-order valence-electron chi connectivity index (χ1n) is 7.38. The maximum Gasteiger partial charge on any atom is 0.0573 e. The van der Waals surface area contributed by atoms with E-state index >= 15 is 0 Å². The molecule has 1 fully saturated rings. The summed E-state index contributed by atoms with van der Waals surface area (Å²) >= 11 is 0. The highest BCUT2D eigenvalue weighted by Crippen LogP contribution is 2.29. The van der Waals surface area contributed by atoms with Crippen molar-refractivity contribution in [2.24, 2.45) is 11.8 Å². The van der Waals surface area contributed by atoms with Crippen molar-refractivity contribution in [2.75, 3.05) is 0 Å². The molecular weight excluding hydrogens is 220 g/mol. The molecule has 100 valence electrons. The first-order chi connectivity index (χ1) is 8.72. The van der Waals surface area contributed by atoms with E-state index in [2.05, 4.69) is 37.1 Å². The van der Waals surface area contributed by atoms with Gasteiger partial charge in [0, 0.05) is 18.8 Å². The van der Waals surface area contributed by atoms with Crippen molar-refractivity contribution in [3.8, 4) is 0 Å². The number of aromatic nitrogens is 1. The number of nitrogens with zero attached hydrogens (tertiary/aromatic N) is 1. The fourth-order valence-corrected chi connectivity index (χ4v) is 3.05. The van der Waals surface area contributed by atoms with Crippen LogP contribution in [0.3, 0.4) is 0 Å². The Morgan fingerprint density at radius 1 is 1.33 bits per heavy atom. The van der Waals surface area contributed by atoms with Gasteiger partial charge in [-0.1, -0.05) is 39.7 Å². The van der Waals surface area contributed by atoms with Crippen molar-refractivity contribution < 1.29 is 0 Å². The average molecular weight is 246 g/mol. The molecule has 0 spiro atoms. The predicted octanol–water partition coefficient (Wildman–Crippen LogP) is 3.56. The predicted molar refractivity (Wildman–Crippen MR) is 76.4 cm³/mol. The second-order valence-electron chi connectivity index (χ2n) is 5.72. The second-order valence-corrected chi connectivity index (χ2v) is 5.72. The van der Waals surface area contributed by atoms with Gasteiger partial charge in [0.15, 0.2) is 0 Å². The highest BCUT2D eigenvalue weighted by Gasteiger charge is 2.26. The minimum absolute atomic E-state index is 0.667. The third kappa shape index (κ3) is 3.11. The van der Waals surface area contributed by atoms with Crippen molar-refractivity contribution in [1.29, 1.82) is 0 Å². The first kappa shape index (κ1) is 13.5. The lowest BCUT2D eigenvalue weighted by Gasteiger charge is -2.34. The standard InChI is InChI=1S/C16H26N2/c1-4-14-8-6-10-17-16(14)11-18-15-9-5-7-12(2)13(15)3/h6,8,10,12-13,15,18H,4-5,7,9,11H2,1-3H3. The van der Waals surface area contributed by atoms with E-state index in [-0.39, 0.29) is 0 Å². The zero-order valence-corrected chi connectivity index (χ0v) is 11.9. The minimum atomic E-state index is 0.667. The van der Waals surface area contributed by atoms with Gasteiger partial charge >= 0.3 is 0 Å². The van der Waals surface area contributed by atoms with Gasteiger partial charge < -0.3 is 5.32 Å². The number of rotatable bonds is 4. The molecule has 2 heteroatoms. The molecule has 1 saturated carbocycles. The molecule has 0 amide bonds. The van der Waals surface area contributed by atoms with Crippen LogP contribution in [0.25, 0.3) is 0 Å². The van der Waals surface area contributed by atoms with Crippen molar-refractivity contribution in [2.45, 2.75) is 59.0 Å². The van der Waals surface area contributed by atoms with E-state index in [1.165, 1.54) is 30.5 Å². The van der Waals surface area contributed by atoms with Crippen LogP contribution in [0.4, 0.5) is 0 Å². The van der Waals surface area contributed by atoms with Crippen LogP contribution >= 0.6 is 0 Å². The van der Waals surface area contributed by atoms with Crippen LogP contribution in [0.5, 0.6) is 0 Å². The fourth-order valence-electron chi connectivity index (χ4n) is 3.05. The maximum atomic E-state index is 4.52. The van der Waals surface area contributed by atoms with Crippen LogP contribution < -0.4 is 5.32 Å². The molecule has 18 heavy (non-hydrogen) atoms. The van der Waals surface area contributed by atoms with E-state index in [0.717, 1.165) is 24.8 Å². The van der Waals surface area contributed by atoms with Gasteiger partial charge in [0.1, 0.15) is 0 Å². The molecule has 1 aliphatic rings. The van der Waals surface area contributed by atoms with Crippen molar-refractivity contribution in [3.63, 3.8) is 0 Å². The molecular formula is C16H26N2. The summed E-state index contributed by atoms with van der Waals surface area (Å²) < 4.78 is 0. The maximum absolute atomic E-state index is 4.52. The average Bonchev–Trinajstić information content (AvgIpc) is 2.41. The monoisotopic (exact) mass is 246 g/mol. The summed E-state index contributed by atoms with van der Waals surface area (Å²) in [7, 11) is 0. The minimum Gasteiger partial charge on any atom is -0.308 e. The summed E-state index contributed by atoms with van der Waals surface area (Å²) in [6, 6.07) is 4.89. The molecule has 1 aromatic rings. The molecule has 3 unspecified atom stereocenters. The normalized spacial score (nSPS) is 28.3. The van der Waals surface area contributed by atoms with Crippen molar-refractivity contribution >= 4 is 0 Å². The molecule has 0 aliphatic heterocycles. The summed E-state index contributed by atoms with van der Waals surface area (Å²) in [5.41, 5.74) is 2.60. The molecule has 2 rings (SSSR count). The fraction of sp³-hybridized carbons (Fsp3) is 0.688. The third-order valence-electron chi connectivity index (χ3n) is 4.60. The molecule has 0 radical (unpaired) electrons. The Hall–Kier alpha value is -0.890. The molecule has 3 atom stereocenters. The summed E-state index contributed by atoms with van der Waals surface area (Å²) in [4.78, 5) is 4.52. The van der Waals surface area contributed by atoms with Crippen LogP contribution in [-0.2, 0) is 13.0 Å². The molecule has 2 nitrogen and oxygen atoms in total. The lowest BCUT2D eigenvalue weighted by Crippen LogP contribution is -2.40. The zero-order valence-electron chi connectivity index (χ0n) is 11.9. The number of hydrogen-bond acceptors (Lipinski definition) is 2. The van der Waals surface area contributed by atoms with E-state index < -0.39 is 0 Å². The quantitative estimate of drug-likeness (QED) is 0.878. The van der Waals surface area contributed by atoms with Gasteiger partial charge in [-0.2, -0.15) is 0 Å². The largest absolute Gasteiger partial charge is 0.308 e. The Morgan fingerprint density at radius 3 is 2.94 bits per heavy atom. The molecule has 0 bridgehead atoms. The molecule has 0 saturated heterocycles. The smallest absolute Gasteiger partial charge is 0.0573 e.